The smallest absolute Gasteiger partial charge is 0.262 e. The Kier molecular flexibility index (Phi) is 5.57. The molecule has 1 aliphatic heterocycles. The molecule has 1 N–H and O–H groups in total. The van der Waals surface area contributed by atoms with Crippen LogP contribution >= 0.6 is 0 Å². The number of anilines is 1. The number of piperidine rings is 1. The SMILES string of the molecule is O=C(c1ccc(-n2nnc3cccnc32)cc1F)N(c1nccc2cc(F)ccc12)[C@@H]1CCCNC1. The Labute approximate surface area is 204 Å². The second-order valence-electron chi connectivity index (χ2n) is 8.69. The van der Waals surface area contributed by atoms with E-state index in [1.807, 2.05) is 0 Å². The number of hydrogen-bond acceptors (Lipinski definition) is 6. The fourth-order valence-electron chi connectivity index (χ4n) is 4.69. The van der Waals surface area contributed by atoms with Crippen LogP contribution in [0.1, 0.15) is 23.2 Å². The first-order chi connectivity index (χ1) is 17.6. The zero-order chi connectivity index (χ0) is 24.6. The maximum absolute atomic E-state index is 15.5. The lowest BCUT2D eigenvalue weighted by Crippen LogP contribution is -2.49. The molecule has 36 heavy (non-hydrogen) atoms. The summed E-state index contributed by atoms with van der Waals surface area (Å²) in [6, 6.07) is 13.6. The van der Waals surface area contributed by atoms with Crippen molar-refractivity contribution in [2.45, 2.75) is 18.9 Å². The van der Waals surface area contributed by atoms with Crippen molar-refractivity contribution < 1.29 is 13.6 Å². The van der Waals surface area contributed by atoms with Crippen molar-refractivity contribution in [2.75, 3.05) is 18.0 Å². The highest BCUT2D eigenvalue weighted by Crippen LogP contribution is 2.30. The minimum absolute atomic E-state index is 0.0948. The number of amides is 1. The van der Waals surface area contributed by atoms with Gasteiger partial charge in [-0.1, -0.05) is 5.21 Å². The molecule has 10 heteroatoms. The van der Waals surface area contributed by atoms with Gasteiger partial charge in [0.2, 0.25) is 0 Å². The molecule has 0 saturated carbocycles. The van der Waals surface area contributed by atoms with Gasteiger partial charge in [0.1, 0.15) is 23.0 Å². The van der Waals surface area contributed by atoms with Gasteiger partial charge < -0.3 is 5.32 Å². The van der Waals surface area contributed by atoms with Gasteiger partial charge in [0, 0.05) is 30.4 Å². The van der Waals surface area contributed by atoms with Gasteiger partial charge in [-0.25, -0.2) is 18.7 Å². The van der Waals surface area contributed by atoms with E-state index in [9.17, 15) is 9.18 Å². The number of aromatic nitrogens is 5. The number of fused-ring (bicyclic) bond motifs is 2. The van der Waals surface area contributed by atoms with Crippen LogP contribution in [0.5, 0.6) is 0 Å². The van der Waals surface area contributed by atoms with E-state index in [0.29, 0.717) is 40.0 Å². The Morgan fingerprint density at radius 3 is 2.81 bits per heavy atom. The van der Waals surface area contributed by atoms with E-state index >= 15 is 4.39 Å². The van der Waals surface area contributed by atoms with Gasteiger partial charge >= 0.3 is 0 Å². The van der Waals surface area contributed by atoms with Gasteiger partial charge in [-0.3, -0.25) is 9.69 Å². The average molecular weight is 485 g/mol. The van der Waals surface area contributed by atoms with Crippen molar-refractivity contribution in [3.8, 4) is 5.69 Å². The highest BCUT2D eigenvalue weighted by Gasteiger charge is 2.31. The van der Waals surface area contributed by atoms with Crippen LogP contribution in [0, 0.1) is 11.6 Å². The van der Waals surface area contributed by atoms with E-state index in [4.69, 9.17) is 0 Å². The van der Waals surface area contributed by atoms with E-state index in [0.717, 1.165) is 19.4 Å². The Balaban J connectivity index is 1.43. The molecule has 0 unspecified atom stereocenters. The zero-order valence-electron chi connectivity index (χ0n) is 19.1. The molecule has 1 amide bonds. The summed E-state index contributed by atoms with van der Waals surface area (Å²) in [5.41, 5.74) is 1.36. The second-order valence-corrected chi connectivity index (χ2v) is 8.69. The Morgan fingerprint density at radius 1 is 1.06 bits per heavy atom. The maximum atomic E-state index is 15.5. The van der Waals surface area contributed by atoms with Gasteiger partial charge in [0.15, 0.2) is 5.65 Å². The first kappa shape index (κ1) is 22.2. The lowest BCUT2D eigenvalue weighted by Gasteiger charge is -2.34. The molecule has 0 bridgehead atoms. The van der Waals surface area contributed by atoms with E-state index in [1.54, 1.807) is 36.5 Å². The Hall–Kier alpha value is -4.31. The number of benzene rings is 2. The Morgan fingerprint density at radius 2 is 1.97 bits per heavy atom. The molecule has 5 aromatic rings. The molecule has 8 nitrogen and oxygen atoms in total. The van der Waals surface area contributed by atoms with Crippen LogP contribution in [0.15, 0.2) is 67.0 Å². The third kappa shape index (κ3) is 3.85. The number of hydrogen-bond donors (Lipinski definition) is 1. The molecule has 1 fully saturated rings. The standard InChI is InChI=1S/C26H21F2N7O/c27-17-5-7-20-16(13-17)9-12-31-24(20)34(19-3-1-10-29-15-19)26(36)21-8-6-18(14-22(21)28)35-25-23(32-33-35)4-2-11-30-25/h2,4-9,11-14,19,29H,1,3,10,15H2/t19-/m1/s1. The van der Waals surface area contributed by atoms with Crippen molar-refractivity contribution in [3.05, 3.63) is 84.2 Å². The molecule has 1 saturated heterocycles. The van der Waals surface area contributed by atoms with Crippen molar-refractivity contribution in [1.29, 1.82) is 0 Å². The lowest BCUT2D eigenvalue weighted by molar-refractivity contribution is 0.0968. The van der Waals surface area contributed by atoms with E-state index in [2.05, 4.69) is 25.6 Å². The van der Waals surface area contributed by atoms with Crippen LogP contribution < -0.4 is 10.2 Å². The van der Waals surface area contributed by atoms with Crippen LogP contribution in [-0.2, 0) is 0 Å². The van der Waals surface area contributed by atoms with E-state index in [-0.39, 0.29) is 17.4 Å². The average Bonchev–Trinajstić information content (AvgIpc) is 3.33. The first-order valence-electron chi connectivity index (χ1n) is 11.6. The molecule has 3 aromatic heterocycles. The number of pyridine rings is 2. The molecular weight excluding hydrogens is 464 g/mol. The summed E-state index contributed by atoms with van der Waals surface area (Å²) in [5, 5.41) is 12.7. The summed E-state index contributed by atoms with van der Waals surface area (Å²) in [7, 11) is 0. The normalized spacial score (nSPS) is 15.9. The Bertz CT molecular complexity index is 1600. The quantitative estimate of drug-likeness (QED) is 0.413. The van der Waals surface area contributed by atoms with E-state index < -0.39 is 11.7 Å². The number of halogens is 2. The molecule has 1 atom stereocenters. The van der Waals surface area contributed by atoms with Crippen molar-refractivity contribution in [1.82, 2.24) is 30.3 Å². The minimum atomic E-state index is -0.697. The molecular formula is C26H21F2N7O. The van der Waals surface area contributed by atoms with Crippen LogP contribution in [0.3, 0.4) is 0 Å². The van der Waals surface area contributed by atoms with Gasteiger partial charge in [0.25, 0.3) is 5.91 Å². The summed E-state index contributed by atoms with van der Waals surface area (Å²) in [6.07, 6.45) is 4.74. The fraction of sp³-hybridized carbons (Fsp3) is 0.192. The highest BCUT2D eigenvalue weighted by atomic mass is 19.1. The largest absolute Gasteiger partial charge is 0.315 e. The van der Waals surface area contributed by atoms with Gasteiger partial charge in [0.05, 0.1) is 17.3 Å². The number of carbonyl (C=O) groups excluding carboxylic acids is 1. The lowest BCUT2D eigenvalue weighted by atomic mass is 10.0. The predicted octanol–water partition coefficient (Wildman–Crippen LogP) is 4.04. The second kappa shape index (κ2) is 9.04. The van der Waals surface area contributed by atoms with Crippen LogP contribution in [0.25, 0.3) is 27.6 Å². The number of carbonyl (C=O) groups is 1. The topological polar surface area (TPSA) is 88.8 Å². The summed E-state index contributed by atoms with van der Waals surface area (Å²) < 4.78 is 30.8. The third-order valence-corrected chi connectivity index (χ3v) is 6.42. The molecule has 180 valence electrons. The fourth-order valence-corrected chi connectivity index (χ4v) is 4.69. The number of nitrogens with zero attached hydrogens (tertiary/aromatic N) is 6. The van der Waals surface area contributed by atoms with E-state index in [1.165, 1.54) is 40.0 Å². The van der Waals surface area contributed by atoms with Crippen molar-refractivity contribution >= 4 is 33.7 Å². The van der Waals surface area contributed by atoms with Crippen LogP contribution in [-0.4, -0.2) is 50.0 Å². The van der Waals surface area contributed by atoms with Gasteiger partial charge in [-0.2, -0.15) is 4.68 Å². The number of rotatable bonds is 4. The molecule has 0 spiro atoms. The maximum Gasteiger partial charge on any atom is 0.262 e. The summed E-state index contributed by atoms with van der Waals surface area (Å²) in [5.74, 6) is -1.22. The van der Waals surface area contributed by atoms with Crippen molar-refractivity contribution in [2.24, 2.45) is 0 Å². The minimum Gasteiger partial charge on any atom is -0.315 e. The molecule has 1 aliphatic rings. The van der Waals surface area contributed by atoms with Crippen LogP contribution in [0.2, 0.25) is 0 Å². The van der Waals surface area contributed by atoms with Crippen molar-refractivity contribution in [3.63, 3.8) is 0 Å². The monoisotopic (exact) mass is 485 g/mol. The van der Waals surface area contributed by atoms with Crippen LogP contribution in [0.4, 0.5) is 14.6 Å². The molecule has 6 rings (SSSR count). The molecule has 0 aliphatic carbocycles. The number of nitrogens with one attached hydrogen (secondary N) is 1. The summed E-state index contributed by atoms with van der Waals surface area (Å²) in [4.78, 5) is 24.2. The molecule has 2 aromatic carbocycles. The summed E-state index contributed by atoms with van der Waals surface area (Å²) >= 11 is 0. The molecule has 0 radical (unpaired) electrons. The zero-order valence-corrected chi connectivity index (χ0v) is 19.1. The third-order valence-electron chi connectivity index (χ3n) is 6.42. The molecule has 4 heterocycles. The van der Waals surface area contributed by atoms with Gasteiger partial charge in [-0.15, -0.1) is 5.10 Å². The predicted molar refractivity (Wildman–Crippen MR) is 131 cm³/mol. The first-order valence-corrected chi connectivity index (χ1v) is 11.6. The highest BCUT2D eigenvalue weighted by molar-refractivity contribution is 6.10. The summed E-state index contributed by atoms with van der Waals surface area (Å²) in [6.45, 7) is 1.39. The van der Waals surface area contributed by atoms with Gasteiger partial charge in [-0.05, 0) is 73.3 Å².